The van der Waals surface area contributed by atoms with Gasteiger partial charge in [0, 0.05) is 31.8 Å². The van der Waals surface area contributed by atoms with Gasteiger partial charge in [0.15, 0.2) is 0 Å². The van der Waals surface area contributed by atoms with Crippen LogP contribution < -0.4 is 9.64 Å². The fraction of sp³-hybridized carbons (Fsp3) is 0.438. The molecule has 1 saturated carbocycles. The predicted octanol–water partition coefficient (Wildman–Crippen LogP) is 3.23. The SMILES string of the molecule is CN(C)c1cccc(OC(=O)OC2CC3C=CC2C3)c1. The molecule has 4 heteroatoms. The number of benzene rings is 1. The molecule has 2 bridgehead atoms. The molecular formula is C16H19NO3. The van der Waals surface area contributed by atoms with Gasteiger partial charge in [-0.3, -0.25) is 0 Å². The van der Waals surface area contributed by atoms with Gasteiger partial charge in [-0.25, -0.2) is 4.79 Å². The highest BCUT2D eigenvalue weighted by Gasteiger charge is 2.38. The highest BCUT2D eigenvalue weighted by molar-refractivity contribution is 5.65. The third kappa shape index (κ3) is 2.64. The first-order chi connectivity index (χ1) is 9.61. The van der Waals surface area contributed by atoms with Crippen LogP contribution in [0.15, 0.2) is 36.4 Å². The minimum atomic E-state index is -0.605. The Kier molecular flexibility index (Phi) is 3.38. The number of allylic oxidation sites excluding steroid dienone is 1. The number of ether oxygens (including phenoxy) is 2. The molecule has 3 unspecified atom stereocenters. The lowest BCUT2D eigenvalue weighted by molar-refractivity contribution is 0.0475. The summed E-state index contributed by atoms with van der Waals surface area (Å²) in [5.74, 6) is 1.47. The lowest BCUT2D eigenvalue weighted by Gasteiger charge is -2.18. The summed E-state index contributed by atoms with van der Waals surface area (Å²) in [6.45, 7) is 0. The zero-order valence-corrected chi connectivity index (χ0v) is 11.8. The molecule has 4 nitrogen and oxygen atoms in total. The number of nitrogens with zero attached hydrogens (tertiary/aromatic N) is 1. The van der Waals surface area contributed by atoms with Gasteiger partial charge in [0.25, 0.3) is 0 Å². The molecule has 0 aliphatic heterocycles. The minimum Gasteiger partial charge on any atom is -0.430 e. The van der Waals surface area contributed by atoms with E-state index in [9.17, 15) is 4.79 Å². The van der Waals surface area contributed by atoms with Crippen molar-refractivity contribution < 1.29 is 14.3 Å². The smallest absolute Gasteiger partial charge is 0.430 e. The second-order valence-electron chi connectivity index (χ2n) is 5.68. The van der Waals surface area contributed by atoms with E-state index in [4.69, 9.17) is 9.47 Å². The molecule has 0 N–H and O–H groups in total. The maximum Gasteiger partial charge on any atom is 0.514 e. The summed E-state index contributed by atoms with van der Waals surface area (Å²) in [7, 11) is 3.89. The predicted molar refractivity (Wildman–Crippen MR) is 77.0 cm³/mol. The Hall–Kier alpha value is -1.97. The third-order valence-electron chi connectivity index (χ3n) is 4.00. The summed E-state index contributed by atoms with van der Waals surface area (Å²) < 4.78 is 10.7. The Morgan fingerprint density at radius 2 is 2.10 bits per heavy atom. The number of anilines is 1. The normalized spacial score (nSPS) is 26.6. The first kappa shape index (κ1) is 13.0. The van der Waals surface area contributed by atoms with E-state index in [-0.39, 0.29) is 6.10 Å². The molecule has 0 saturated heterocycles. The maximum absolute atomic E-state index is 11.8. The van der Waals surface area contributed by atoms with Crippen LogP contribution in [0.3, 0.4) is 0 Å². The van der Waals surface area contributed by atoms with Crippen LogP contribution in [0.5, 0.6) is 5.75 Å². The van der Waals surface area contributed by atoms with Crippen molar-refractivity contribution in [1.82, 2.24) is 0 Å². The van der Waals surface area contributed by atoms with Crippen molar-refractivity contribution in [2.24, 2.45) is 11.8 Å². The van der Waals surface area contributed by atoms with E-state index in [0.29, 0.717) is 17.6 Å². The van der Waals surface area contributed by atoms with Gasteiger partial charge in [0.05, 0.1) is 0 Å². The van der Waals surface area contributed by atoms with Crippen molar-refractivity contribution in [3.05, 3.63) is 36.4 Å². The molecule has 2 aliphatic carbocycles. The quantitative estimate of drug-likeness (QED) is 0.481. The summed E-state index contributed by atoms with van der Waals surface area (Å²) in [5, 5.41) is 0. The average molecular weight is 273 g/mol. The van der Waals surface area contributed by atoms with Crippen LogP contribution in [-0.4, -0.2) is 26.4 Å². The van der Waals surface area contributed by atoms with E-state index >= 15 is 0 Å². The van der Waals surface area contributed by atoms with Gasteiger partial charge in [-0.2, -0.15) is 0 Å². The molecule has 2 aliphatic rings. The number of hydrogen-bond acceptors (Lipinski definition) is 4. The van der Waals surface area contributed by atoms with Crippen LogP contribution in [0.4, 0.5) is 10.5 Å². The molecule has 3 atom stereocenters. The van der Waals surface area contributed by atoms with Gasteiger partial charge in [-0.05, 0) is 30.9 Å². The standard InChI is InChI=1S/C16H19NO3/c1-17(2)13-4-3-5-14(10-13)19-16(18)20-15-9-11-6-7-12(15)8-11/h3-7,10-12,15H,8-9H2,1-2H3. The molecule has 0 heterocycles. The molecule has 1 aromatic carbocycles. The van der Waals surface area contributed by atoms with Gasteiger partial charge in [-0.15, -0.1) is 0 Å². The van der Waals surface area contributed by atoms with Crippen molar-refractivity contribution >= 4 is 11.8 Å². The molecule has 3 rings (SSSR count). The zero-order chi connectivity index (χ0) is 14.1. The first-order valence-corrected chi connectivity index (χ1v) is 6.96. The number of fused-ring (bicyclic) bond motifs is 2. The Labute approximate surface area is 119 Å². The van der Waals surface area contributed by atoms with Crippen molar-refractivity contribution in [3.8, 4) is 5.75 Å². The van der Waals surface area contributed by atoms with Crippen LogP contribution in [0.2, 0.25) is 0 Å². The van der Waals surface area contributed by atoms with Gasteiger partial charge in [0.1, 0.15) is 11.9 Å². The third-order valence-corrected chi connectivity index (χ3v) is 4.00. The van der Waals surface area contributed by atoms with Crippen LogP contribution in [0, 0.1) is 11.8 Å². The maximum atomic E-state index is 11.8. The summed E-state index contributed by atoms with van der Waals surface area (Å²) >= 11 is 0. The van der Waals surface area contributed by atoms with Crippen LogP contribution in [0.1, 0.15) is 12.8 Å². The van der Waals surface area contributed by atoms with Gasteiger partial charge < -0.3 is 14.4 Å². The molecule has 1 aromatic rings. The molecule has 106 valence electrons. The van der Waals surface area contributed by atoms with E-state index in [1.54, 1.807) is 6.07 Å². The summed E-state index contributed by atoms with van der Waals surface area (Å²) in [6, 6.07) is 7.40. The largest absolute Gasteiger partial charge is 0.514 e. The van der Waals surface area contributed by atoms with Gasteiger partial charge in [0.2, 0.25) is 0 Å². The molecule has 0 radical (unpaired) electrons. The van der Waals surface area contributed by atoms with E-state index < -0.39 is 6.16 Å². The van der Waals surface area contributed by atoms with Gasteiger partial charge >= 0.3 is 6.16 Å². The van der Waals surface area contributed by atoms with Crippen molar-refractivity contribution in [1.29, 1.82) is 0 Å². The Balaban J connectivity index is 1.59. The monoisotopic (exact) mass is 273 g/mol. The second-order valence-corrected chi connectivity index (χ2v) is 5.68. The lowest BCUT2D eigenvalue weighted by atomic mass is 10.1. The van der Waals surface area contributed by atoms with Crippen LogP contribution in [-0.2, 0) is 4.74 Å². The van der Waals surface area contributed by atoms with Gasteiger partial charge in [-0.1, -0.05) is 18.2 Å². The molecule has 20 heavy (non-hydrogen) atoms. The highest BCUT2D eigenvalue weighted by atomic mass is 16.7. The molecule has 0 aromatic heterocycles. The van der Waals surface area contributed by atoms with Crippen LogP contribution in [0.25, 0.3) is 0 Å². The number of rotatable bonds is 3. The number of carbonyl (C=O) groups excluding carboxylic acids is 1. The fourth-order valence-corrected chi connectivity index (χ4v) is 2.93. The second kappa shape index (κ2) is 5.19. The van der Waals surface area contributed by atoms with Crippen molar-refractivity contribution in [2.75, 3.05) is 19.0 Å². The van der Waals surface area contributed by atoms with E-state index in [1.165, 1.54) is 0 Å². The molecule has 0 amide bonds. The molecule has 0 spiro atoms. The first-order valence-electron chi connectivity index (χ1n) is 6.96. The molecule has 1 fully saturated rings. The fourth-order valence-electron chi connectivity index (χ4n) is 2.93. The number of hydrogen-bond donors (Lipinski definition) is 0. The molecular weight excluding hydrogens is 254 g/mol. The van der Waals surface area contributed by atoms with E-state index in [1.807, 2.05) is 37.2 Å². The summed E-state index contributed by atoms with van der Waals surface area (Å²) in [6.07, 6.45) is 5.78. The Bertz CT molecular complexity index is 538. The van der Waals surface area contributed by atoms with Crippen molar-refractivity contribution in [2.45, 2.75) is 18.9 Å². The lowest BCUT2D eigenvalue weighted by Crippen LogP contribution is -2.24. The summed E-state index contributed by atoms with van der Waals surface area (Å²) in [4.78, 5) is 13.8. The van der Waals surface area contributed by atoms with E-state index in [2.05, 4.69) is 12.2 Å². The Morgan fingerprint density at radius 1 is 1.25 bits per heavy atom. The topological polar surface area (TPSA) is 38.8 Å². The Morgan fingerprint density at radius 3 is 2.75 bits per heavy atom. The number of carbonyl (C=O) groups is 1. The highest BCUT2D eigenvalue weighted by Crippen LogP contribution is 2.40. The van der Waals surface area contributed by atoms with Crippen molar-refractivity contribution in [3.63, 3.8) is 0 Å². The summed E-state index contributed by atoms with van der Waals surface area (Å²) in [5.41, 5.74) is 0.984. The average Bonchev–Trinajstić information content (AvgIpc) is 3.01. The van der Waals surface area contributed by atoms with E-state index in [0.717, 1.165) is 18.5 Å². The van der Waals surface area contributed by atoms with Crippen LogP contribution >= 0.6 is 0 Å². The minimum absolute atomic E-state index is 0.0190. The zero-order valence-electron chi connectivity index (χ0n) is 11.8.